The van der Waals surface area contributed by atoms with E-state index in [0.29, 0.717) is 6.04 Å². The Hall–Kier alpha value is -1.68. The molecule has 2 aromatic rings. The summed E-state index contributed by atoms with van der Waals surface area (Å²) in [5.74, 6) is 0. The summed E-state index contributed by atoms with van der Waals surface area (Å²) in [4.78, 5) is 8.53. The fourth-order valence-corrected chi connectivity index (χ4v) is 2.49. The van der Waals surface area contributed by atoms with Crippen molar-refractivity contribution in [3.63, 3.8) is 0 Å². The van der Waals surface area contributed by atoms with Crippen molar-refractivity contribution in [1.82, 2.24) is 14.5 Å². The van der Waals surface area contributed by atoms with Crippen molar-refractivity contribution in [1.29, 1.82) is 0 Å². The van der Waals surface area contributed by atoms with Gasteiger partial charge in [0.05, 0.1) is 11.4 Å². The maximum atomic E-state index is 5.42. The fraction of sp³-hybridized carbons (Fsp3) is 0.429. The topological polar surface area (TPSA) is 39.9 Å². The lowest BCUT2D eigenvalue weighted by molar-refractivity contribution is 0.0701. The van der Waals surface area contributed by atoms with Gasteiger partial charge in [0, 0.05) is 31.1 Å². The van der Waals surface area contributed by atoms with Crippen LogP contribution < -0.4 is 0 Å². The third-order valence-electron chi connectivity index (χ3n) is 3.43. The van der Waals surface area contributed by atoms with E-state index in [1.165, 1.54) is 5.69 Å². The molecular formula is C14H17N3O. The second-order valence-corrected chi connectivity index (χ2v) is 4.69. The molecule has 18 heavy (non-hydrogen) atoms. The minimum atomic E-state index is 0.527. The molecule has 0 N–H and O–H groups in total. The Bertz CT molecular complexity index is 529. The van der Waals surface area contributed by atoms with E-state index in [9.17, 15) is 0 Å². The average molecular weight is 243 g/mol. The molecule has 0 bridgehead atoms. The van der Waals surface area contributed by atoms with Crippen molar-refractivity contribution >= 4 is 0 Å². The summed E-state index contributed by atoms with van der Waals surface area (Å²) in [5, 5.41) is 0. The Labute approximate surface area is 107 Å². The smallest absolute Gasteiger partial charge is 0.116 e. The van der Waals surface area contributed by atoms with Gasteiger partial charge in [-0.3, -0.25) is 0 Å². The van der Waals surface area contributed by atoms with Gasteiger partial charge >= 0.3 is 0 Å². The number of rotatable bonds is 2. The van der Waals surface area contributed by atoms with E-state index in [2.05, 4.69) is 32.9 Å². The van der Waals surface area contributed by atoms with E-state index in [-0.39, 0.29) is 0 Å². The van der Waals surface area contributed by atoms with Gasteiger partial charge in [0.1, 0.15) is 6.33 Å². The highest BCUT2D eigenvalue weighted by Crippen LogP contribution is 2.27. The van der Waals surface area contributed by atoms with E-state index < -0.39 is 0 Å². The minimum Gasteiger partial charge on any atom is -0.381 e. The molecule has 0 atom stereocenters. The highest BCUT2D eigenvalue weighted by molar-refractivity contribution is 5.55. The molecule has 0 aromatic carbocycles. The Morgan fingerprint density at radius 3 is 2.89 bits per heavy atom. The fourth-order valence-electron chi connectivity index (χ4n) is 2.49. The quantitative estimate of drug-likeness (QED) is 0.814. The summed E-state index contributed by atoms with van der Waals surface area (Å²) in [5.41, 5.74) is 3.17. The van der Waals surface area contributed by atoms with Crippen molar-refractivity contribution in [2.24, 2.45) is 0 Å². The van der Waals surface area contributed by atoms with E-state index >= 15 is 0 Å². The molecule has 1 aliphatic heterocycles. The molecule has 0 saturated carbocycles. The van der Waals surface area contributed by atoms with E-state index in [1.807, 2.05) is 13.0 Å². The second kappa shape index (κ2) is 4.90. The second-order valence-electron chi connectivity index (χ2n) is 4.69. The molecule has 3 rings (SSSR count). The summed E-state index contributed by atoms with van der Waals surface area (Å²) in [6, 6.07) is 6.77. The predicted molar refractivity (Wildman–Crippen MR) is 69.3 cm³/mol. The highest BCUT2D eigenvalue weighted by atomic mass is 16.5. The highest BCUT2D eigenvalue weighted by Gasteiger charge is 2.18. The minimum absolute atomic E-state index is 0.527. The number of aromatic nitrogens is 3. The van der Waals surface area contributed by atoms with Crippen LogP contribution in [0.4, 0.5) is 0 Å². The van der Waals surface area contributed by atoms with Crippen LogP contribution >= 0.6 is 0 Å². The molecule has 94 valence electrons. The predicted octanol–water partition coefficient (Wildman–Crippen LogP) is 2.61. The van der Waals surface area contributed by atoms with Crippen LogP contribution in [0.1, 0.15) is 24.6 Å². The van der Waals surface area contributed by atoms with Crippen molar-refractivity contribution in [3.8, 4) is 11.4 Å². The van der Waals surface area contributed by atoms with Gasteiger partial charge in [-0.25, -0.2) is 9.97 Å². The van der Waals surface area contributed by atoms with Crippen LogP contribution in [0.2, 0.25) is 0 Å². The number of aryl methyl sites for hydroxylation is 1. The zero-order chi connectivity index (χ0) is 12.4. The third kappa shape index (κ3) is 2.16. The zero-order valence-electron chi connectivity index (χ0n) is 10.5. The molecule has 0 radical (unpaired) electrons. The molecule has 1 saturated heterocycles. The number of hydrogen-bond donors (Lipinski definition) is 0. The standard InChI is InChI=1S/C14H17N3O/c1-11-9-13(16-10-15-11)14-3-2-6-17(14)12-4-7-18-8-5-12/h2-3,6,9-10,12H,4-5,7-8H2,1H3. The van der Waals surface area contributed by atoms with Crippen molar-refractivity contribution < 1.29 is 4.74 Å². The zero-order valence-corrected chi connectivity index (χ0v) is 10.5. The van der Waals surface area contributed by atoms with Gasteiger partial charge in [-0.2, -0.15) is 0 Å². The SMILES string of the molecule is Cc1cc(-c2cccn2C2CCOCC2)ncn1. The number of hydrogen-bond acceptors (Lipinski definition) is 3. The first-order valence-corrected chi connectivity index (χ1v) is 6.38. The average Bonchev–Trinajstić information content (AvgIpc) is 2.89. The molecule has 0 amide bonds. The summed E-state index contributed by atoms with van der Waals surface area (Å²) in [7, 11) is 0. The van der Waals surface area contributed by atoms with Gasteiger partial charge in [-0.05, 0) is 38.0 Å². The molecule has 4 nitrogen and oxygen atoms in total. The monoisotopic (exact) mass is 243 g/mol. The van der Waals surface area contributed by atoms with Crippen LogP contribution in [0.3, 0.4) is 0 Å². The summed E-state index contributed by atoms with van der Waals surface area (Å²) in [6.07, 6.45) is 5.92. The molecule has 0 aliphatic carbocycles. The lowest BCUT2D eigenvalue weighted by Gasteiger charge is -2.25. The van der Waals surface area contributed by atoms with Gasteiger partial charge in [0.2, 0.25) is 0 Å². The van der Waals surface area contributed by atoms with Crippen LogP contribution in [-0.4, -0.2) is 27.7 Å². The molecule has 1 fully saturated rings. The Morgan fingerprint density at radius 2 is 2.11 bits per heavy atom. The van der Waals surface area contributed by atoms with Crippen molar-refractivity contribution in [2.75, 3.05) is 13.2 Å². The molecule has 2 aromatic heterocycles. The first-order chi connectivity index (χ1) is 8.84. The van der Waals surface area contributed by atoms with Crippen molar-refractivity contribution in [3.05, 3.63) is 36.4 Å². The molecule has 4 heteroatoms. The lowest BCUT2D eigenvalue weighted by atomic mass is 10.1. The maximum Gasteiger partial charge on any atom is 0.116 e. The van der Waals surface area contributed by atoms with Crippen molar-refractivity contribution in [2.45, 2.75) is 25.8 Å². The summed E-state index contributed by atoms with van der Waals surface area (Å²) >= 11 is 0. The van der Waals surface area contributed by atoms with Gasteiger partial charge in [-0.1, -0.05) is 0 Å². The van der Waals surface area contributed by atoms with E-state index in [1.54, 1.807) is 6.33 Å². The van der Waals surface area contributed by atoms with Crippen LogP contribution in [0.15, 0.2) is 30.7 Å². The van der Waals surface area contributed by atoms with Gasteiger partial charge in [0.25, 0.3) is 0 Å². The first kappa shape index (κ1) is 11.4. The van der Waals surface area contributed by atoms with E-state index in [0.717, 1.165) is 37.4 Å². The largest absolute Gasteiger partial charge is 0.381 e. The molecule has 0 spiro atoms. The third-order valence-corrected chi connectivity index (χ3v) is 3.43. The molecular weight excluding hydrogens is 226 g/mol. The summed E-state index contributed by atoms with van der Waals surface area (Å²) in [6.45, 7) is 3.70. The van der Waals surface area contributed by atoms with Gasteiger partial charge in [0.15, 0.2) is 0 Å². The van der Waals surface area contributed by atoms with Crippen LogP contribution in [-0.2, 0) is 4.74 Å². The van der Waals surface area contributed by atoms with Crippen LogP contribution in [0.25, 0.3) is 11.4 Å². The Morgan fingerprint density at radius 1 is 1.28 bits per heavy atom. The normalized spacial score (nSPS) is 16.9. The summed E-state index contributed by atoms with van der Waals surface area (Å²) < 4.78 is 7.75. The van der Waals surface area contributed by atoms with Gasteiger partial charge < -0.3 is 9.30 Å². The maximum absolute atomic E-state index is 5.42. The Balaban J connectivity index is 1.95. The Kier molecular flexibility index (Phi) is 3.11. The van der Waals surface area contributed by atoms with Gasteiger partial charge in [-0.15, -0.1) is 0 Å². The van der Waals surface area contributed by atoms with Crippen LogP contribution in [0.5, 0.6) is 0 Å². The number of ether oxygens (including phenoxy) is 1. The lowest BCUT2D eigenvalue weighted by Crippen LogP contribution is -2.19. The molecule has 3 heterocycles. The number of nitrogens with zero attached hydrogens (tertiary/aromatic N) is 3. The van der Waals surface area contributed by atoms with Crippen LogP contribution in [0, 0.1) is 6.92 Å². The van der Waals surface area contributed by atoms with E-state index in [4.69, 9.17) is 4.74 Å². The molecule has 1 aliphatic rings. The molecule has 0 unspecified atom stereocenters. The first-order valence-electron chi connectivity index (χ1n) is 6.38.